The van der Waals surface area contributed by atoms with Crippen molar-refractivity contribution in [2.75, 3.05) is 0 Å². The molecule has 0 spiro atoms. The molecule has 0 saturated heterocycles. The highest BCUT2D eigenvalue weighted by Gasteiger charge is 2.26. The number of fused-ring (bicyclic) bond motifs is 29. The van der Waals surface area contributed by atoms with Gasteiger partial charge in [-0.2, -0.15) is 5.26 Å². The molecule has 0 N–H and O–H groups in total. The Morgan fingerprint density at radius 1 is 0.297 bits per heavy atom. The van der Waals surface area contributed by atoms with E-state index in [1.54, 1.807) is 6.07 Å². The maximum Gasteiger partial charge on any atom is 0.220 e. The molecule has 91 heavy (non-hydrogen) atoms. The van der Waals surface area contributed by atoms with Crippen molar-refractivity contribution in [1.82, 2.24) is 14.0 Å². The van der Waals surface area contributed by atoms with E-state index < -0.39 is 6.85 Å². The van der Waals surface area contributed by atoms with Gasteiger partial charge in [0.15, 0.2) is 0 Å². The van der Waals surface area contributed by atoms with Crippen molar-refractivity contribution >= 4 is 114 Å². The number of hydrogen-bond donors (Lipinski definition) is 0. The molecule has 0 fully saturated rings. The first-order valence-electron chi connectivity index (χ1n) is 32.5. The zero-order chi connectivity index (χ0) is 62.5. The summed E-state index contributed by atoms with van der Waals surface area (Å²) in [4.78, 5) is 5.16. The molecule has 16 aromatic carbocycles. The predicted molar refractivity (Wildman–Crippen MR) is 383 cm³/mol. The van der Waals surface area contributed by atoms with Crippen LogP contribution in [0.4, 0.5) is 0 Å². The van der Waals surface area contributed by atoms with E-state index in [9.17, 15) is 5.26 Å². The Bertz CT molecular complexity index is 6500. The van der Waals surface area contributed by atoms with Crippen molar-refractivity contribution in [2.45, 2.75) is 6.85 Å². The average Bonchev–Trinajstić information content (AvgIpc) is 1.42. The highest BCUT2D eigenvalue weighted by atomic mass is 15.2. The van der Waals surface area contributed by atoms with E-state index in [-0.39, 0.29) is 5.56 Å². The summed E-state index contributed by atoms with van der Waals surface area (Å²) in [5.74, 6) is 0.634. The van der Waals surface area contributed by atoms with Gasteiger partial charge >= 0.3 is 0 Å². The summed E-state index contributed by atoms with van der Waals surface area (Å²) in [6.07, 6.45) is 0. The van der Waals surface area contributed by atoms with Gasteiger partial charge < -0.3 is 0 Å². The normalized spacial score (nSPS) is 12.6. The van der Waals surface area contributed by atoms with Gasteiger partial charge in [-0.05, 0) is 209 Å². The number of aromatic nitrogens is 3. The van der Waals surface area contributed by atoms with Crippen LogP contribution in [0.15, 0.2) is 297 Å². The van der Waals surface area contributed by atoms with Crippen LogP contribution in [-0.2, 0) is 0 Å². The van der Waals surface area contributed by atoms with Crippen LogP contribution in [0.1, 0.15) is 15.2 Å². The number of para-hydroxylation sites is 3. The van der Waals surface area contributed by atoms with E-state index in [2.05, 4.69) is 282 Å². The molecule has 1 aliphatic rings. The van der Waals surface area contributed by atoms with Crippen LogP contribution in [0.2, 0.25) is 0 Å². The lowest BCUT2D eigenvalue weighted by atomic mass is 9.79. The first-order valence-corrected chi connectivity index (χ1v) is 31.0. The van der Waals surface area contributed by atoms with Crippen molar-refractivity contribution < 1.29 is 4.11 Å². The van der Waals surface area contributed by atoms with E-state index in [0.29, 0.717) is 16.9 Å². The van der Waals surface area contributed by atoms with Gasteiger partial charge in [0.2, 0.25) is 5.78 Å². The Morgan fingerprint density at radius 2 is 0.659 bits per heavy atom. The van der Waals surface area contributed by atoms with Crippen molar-refractivity contribution in [3.63, 3.8) is 0 Å². The van der Waals surface area contributed by atoms with Crippen LogP contribution < -0.4 is 0 Å². The van der Waals surface area contributed by atoms with Gasteiger partial charge in [-0.1, -0.05) is 243 Å². The zero-order valence-electron chi connectivity index (χ0n) is 52.1. The smallest absolute Gasteiger partial charge is 0.220 e. The molecule has 420 valence electrons. The summed E-state index contributed by atoms with van der Waals surface area (Å²) in [6.45, 7) is -2.34. The highest BCUT2D eigenvalue weighted by Crippen LogP contribution is 2.51. The molecule has 0 unspecified atom stereocenters. The summed E-state index contributed by atoms with van der Waals surface area (Å²) < 4.78 is 29.6. The molecule has 0 atom stereocenters. The molecule has 19 rings (SSSR count). The van der Waals surface area contributed by atoms with Crippen LogP contribution in [-0.4, -0.2) is 14.0 Å². The third-order valence-electron chi connectivity index (χ3n) is 19.5. The van der Waals surface area contributed by atoms with Crippen molar-refractivity contribution in [3.8, 4) is 78.5 Å². The second kappa shape index (κ2) is 19.7. The van der Waals surface area contributed by atoms with Gasteiger partial charge in [0.1, 0.15) is 6.07 Å². The Hall–Kier alpha value is -12.2. The quantitative estimate of drug-likeness (QED) is 0.177. The third-order valence-corrected chi connectivity index (χ3v) is 19.5. The molecule has 1 aliphatic carbocycles. The second-order valence-electron chi connectivity index (χ2n) is 24.1. The molecule has 18 aromatic rings. The molecule has 4 heteroatoms. The SMILES string of the molecule is [2H]C([2H])([2H])c1cccc2c1nc1n(-c3ccc4c(c3)-c3ccccc3-c3ccccc3-c3cc(-c5cccc(-c6ccc7c8ccccc8c8cc9c%10ccccc%10c%10ccccc%10c%10ccccc%10c9cc8c8ccccc8c7c6)c5C#N)ccc3-4)c3ccccc3n21. The number of rotatable bonds is 3. The van der Waals surface area contributed by atoms with Crippen molar-refractivity contribution in [1.29, 1.82) is 5.26 Å². The van der Waals surface area contributed by atoms with Gasteiger partial charge in [0.05, 0.1) is 27.6 Å². The molecular formula is C87H52N4. The van der Waals surface area contributed by atoms with E-state index in [4.69, 9.17) is 9.10 Å². The van der Waals surface area contributed by atoms with Crippen molar-refractivity contribution in [3.05, 3.63) is 308 Å². The molecule has 0 bridgehead atoms. The largest absolute Gasteiger partial charge is 0.278 e. The predicted octanol–water partition coefficient (Wildman–Crippen LogP) is 23.3. The Balaban J connectivity index is 0.807. The average molecular weight is 1160 g/mol. The first-order chi connectivity index (χ1) is 46.3. The lowest BCUT2D eigenvalue weighted by molar-refractivity contribution is 1.11. The number of hydrogen-bond acceptors (Lipinski definition) is 2. The van der Waals surface area contributed by atoms with Gasteiger partial charge in [-0.25, -0.2) is 4.98 Å². The molecule has 4 nitrogen and oxygen atoms in total. The lowest BCUT2D eigenvalue weighted by Gasteiger charge is -2.24. The summed E-state index contributed by atoms with van der Waals surface area (Å²) in [5, 5.41) is 30.4. The maximum atomic E-state index is 11.6. The molecule has 0 amide bonds. The lowest BCUT2D eigenvalue weighted by Crippen LogP contribution is -2.01. The Kier molecular flexibility index (Phi) is 10.4. The summed E-state index contributed by atoms with van der Waals surface area (Å²) >= 11 is 0. The minimum Gasteiger partial charge on any atom is -0.278 e. The van der Waals surface area contributed by atoms with E-state index in [1.165, 1.54) is 48.5 Å². The molecular weight excluding hydrogens is 1100 g/mol. The van der Waals surface area contributed by atoms with Crippen LogP contribution in [0.5, 0.6) is 0 Å². The summed E-state index contributed by atoms with van der Waals surface area (Å²) in [7, 11) is 0. The monoisotopic (exact) mass is 1160 g/mol. The third kappa shape index (κ3) is 7.47. The standard InChI is InChI=1S/C87H52N4/c1-52-20-18-39-85-86(52)89-87-90(83-37-16-17-38-84(83)91(85)87)55-42-45-74-73-44-41-54(46-75(73)65-28-9-4-25-62(65)63-26-5-10-29-66(63)77(74)48-55)57-36-19-35-56(82(57)51-88)53-40-43-72-64-27-8-13-32-69(64)80-49-78-67-30-11-6-23-60(67)58-21-2-3-22-59(58)61-24-7-12-31-68(61)79(78)50-81(80)71-34-15-14-33-70(71)76(72)47-53/h2-50H,1H3/i1D3. The van der Waals surface area contributed by atoms with E-state index in [0.717, 1.165) is 127 Å². The van der Waals surface area contributed by atoms with Crippen LogP contribution in [0.25, 0.3) is 186 Å². The van der Waals surface area contributed by atoms with Crippen LogP contribution in [0, 0.1) is 18.2 Å². The molecule has 2 heterocycles. The number of benzene rings is 14. The molecule has 0 aliphatic heterocycles. The fraction of sp³-hybridized carbons (Fsp3) is 0.0115. The Morgan fingerprint density at radius 3 is 1.16 bits per heavy atom. The van der Waals surface area contributed by atoms with Gasteiger partial charge in [0, 0.05) is 20.9 Å². The van der Waals surface area contributed by atoms with Gasteiger partial charge in [-0.3, -0.25) is 8.97 Å². The maximum absolute atomic E-state index is 11.6. The zero-order valence-corrected chi connectivity index (χ0v) is 49.1. The number of imidazole rings is 2. The number of nitrogens with zero attached hydrogens (tertiary/aromatic N) is 4. The summed E-state index contributed by atoms with van der Waals surface area (Å²) in [5.41, 5.74) is 17.0. The molecule has 0 radical (unpaired) electrons. The van der Waals surface area contributed by atoms with Gasteiger partial charge in [-0.15, -0.1) is 0 Å². The fourth-order valence-corrected chi connectivity index (χ4v) is 15.5. The minimum absolute atomic E-state index is 0.226. The first kappa shape index (κ1) is 47.9. The number of aryl methyl sites for hydroxylation is 1. The van der Waals surface area contributed by atoms with Crippen molar-refractivity contribution in [2.24, 2.45) is 0 Å². The minimum atomic E-state index is -2.34. The highest BCUT2D eigenvalue weighted by molar-refractivity contribution is 6.32. The summed E-state index contributed by atoms with van der Waals surface area (Å²) in [6, 6.07) is 109. The molecule has 2 aromatic heterocycles. The van der Waals surface area contributed by atoms with E-state index >= 15 is 0 Å². The second-order valence-corrected chi connectivity index (χ2v) is 24.1. The topological polar surface area (TPSA) is 46.0 Å². The van der Waals surface area contributed by atoms with Gasteiger partial charge in [0.25, 0.3) is 0 Å². The molecule has 0 saturated carbocycles. The van der Waals surface area contributed by atoms with E-state index in [1.807, 2.05) is 24.3 Å². The van der Waals surface area contributed by atoms with Crippen LogP contribution in [0.3, 0.4) is 0 Å². The van der Waals surface area contributed by atoms with Crippen LogP contribution >= 0.6 is 0 Å². The fourth-order valence-electron chi connectivity index (χ4n) is 15.5. The Labute approximate surface area is 528 Å². The number of nitriles is 1.